The Morgan fingerprint density at radius 1 is 1.28 bits per heavy atom. The maximum absolute atomic E-state index is 11.9. The van der Waals surface area contributed by atoms with E-state index in [0.29, 0.717) is 6.42 Å². The summed E-state index contributed by atoms with van der Waals surface area (Å²) in [5.74, 6) is 0.0367. The molecule has 1 fully saturated rings. The molecule has 1 aromatic carbocycles. The minimum absolute atomic E-state index is 0. The van der Waals surface area contributed by atoms with Crippen LogP contribution in [0.2, 0.25) is 0 Å². The Morgan fingerprint density at radius 3 is 2.44 bits per heavy atom. The molecular formula is C13H19IN2O2. The number of rotatable bonds is 3. The van der Waals surface area contributed by atoms with E-state index < -0.39 is 0 Å². The molecule has 0 radical (unpaired) electrons. The average molecular weight is 362 g/mol. The van der Waals surface area contributed by atoms with Gasteiger partial charge in [-0.15, -0.1) is 0 Å². The lowest BCUT2D eigenvalue weighted by molar-refractivity contribution is -0.873. The molecule has 2 rings (SSSR count). The van der Waals surface area contributed by atoms with Crippen molar-refractivity contribution in [1.29, 1.82) is 0 Å². The summed E-state index contributed by atoms with van der Waals surface area (Å²) in [6, 6.07) is 9.49. The first kappa shape index (κ1) is 15.4. The van der Waals surface area contributed by atoms with Crippen molar-refractivity contribution in [3.63, 3.8) is 0 Å². The molecule has 1 atom stereocenters. The van der Waals surface area contributed by atoms with Gasteiger partial charge in [0, 0.05) is 0 Å². The smallest absolute Gasteiger partial charge is 0.253 e. The Morgan fingerprint density at radius 2 is 1.89 bits per heavy atom. The van der Waals surface area contributed by atoms with Gasteiger partial charge in [-0.1, -0.05) is 18.2 Å². The quantitative estimate of drug-likeness (QED) is 0.481. The van der Waals surface area contributed by atoms with E-state index >= 15 is 0 Å². The molecule has 0 unspecified atom stereocenters. The summed E-state index contributed by atoms with van der Waals surface area (Å²) in [5, 5.41) is 1.42. The minimum Gasteiger partial charge on any atom is -1.00 e. The zero-order valence-electron chi connectivity index (χ0n) is 11.0. The van der Waals surface area contributed by atoms with Gasteiger partial charge in [0.1, 0.15) is 12.6 Å². The highest BCUT2D eigenvalue weighted by Crippen LogP contribution is 2.24. The van der Waals surface area contributed by atoms with Crippen LogP contribution in [0.3, 0.4) is 0 Å². The summed E-state index contributed by atoms with van der Waals surface area (Å²) in [6.07, 6.45) is 0.437. The highest BCUT2D eigenvalue weighted by molar-refractivity contribution is 5.93. The highest BCUT2D eigenvalue weighted by atomic mass is 127. The van der Waals surface area contributed by atoms with Gasteiger partial charge in [-0.25, -0.2) is 0 Å². The van der Waals surface area contributed by atoms with Gasteiger partial charge in [-0.2, -0.15) is 5.06 Å². The van der Waals surface area contributed by atoms with Gasteiger partial charge >= 0.3 is 0 Å². The molecule has 18 heavy (non-hydrogen) atoms. The van der Waals surface area contributed by atoms with Crippen molar-refractivity contribution in [3.8, 4) is 0 Å². The summed E-state index contributed by atoms with van der Waals surface area (Å²) < 4.78 is 0.792. The van der Waals surface area contributed by atoms with Crippen LogP contribution in [-0.4, -0.2) is 44.2 Å². The third kappa shape index (κ3) is 3.93. The summed E-state index contributed by atoms with van der Waals surface area (Å²) in [7, 11) is 6.29. The fourth-order valence-corrected chi connectivity index (χ4v) is 2.00. The first-order valence-electron chi connectivity index (χ1n) is 5.81. The van der Waals surface area contributed by atoms with Crippen LogP contribution in [0.1, 0.15) is 6.42 Å². The average Bonchev–Trinajstić information content (AvgIpc) is 2.58. The first-order valence-corrected chi connectivity index (χ1v) is 5.81. The van der Waals surface area contributed by atoms with Crippen LogP contribution in [0.15, 0.2) is 30.3 Å². The molecule has 0 N–H and O–H groups in total. The maximum atomic E-state index is 11.9. The van der Waals surface area contributed by atoms with Gasteiger partial charge in [0.25, 0.3) is 5.91 Å². The van der Waals surface area contributed by atoms with E-state index in [9.17, 15) is 4.79 Å². The maximum Gasteiger partial charge on any atom is 0.253 e. The first-order chi connectivity index (χ1) is 7.96. The predicted octanol–water partition coefficient (Wildman–Crippen LogP) is -1.57. The lowest BCUT2D eigenvalue weighted by Gasteiger charge is -2.26. The molecule has 0 aliphatic carbocycles. The van der Waals surface area contributed by atoms with Gasteiger partial charge < -0.3 is 28.5 Å². The van der Waals surface area contributed by atoms with Crippen LogP contribution in [0, 0.1) is 0 Å². The molecule has 100 valence electrons. The number of amides is 1. The second kappa shape index (κ2) is 5.99. The van der Waals surface area contributed by atoms with Crippen molar-refractivity contribution in [2.24, 2.45) is 0 Å². The van der Waals surface area contributed by atoms with Crippen molar-refractivity contribution < 1.29 is 38.1 Å². The highest BCUT2D eigenvalue weighted by Gasteiger charge is 2.35. The molecule has 1 saturated heterocycles. The molecule has 1 aliphatic rings. The fourth-order valence-electron chi connectivity index (χ4n) is 2.00. The number of likely N-dealkylation sites (N-methyl/N-ethyl adjacent to an activating group) is 1. The number of halogens is 1. The van der Waals surface area contributed by atoms with E-state index in [1.165, 1.54) is 5.06 Å². The Balaban J connectivity index is 0.00000162. The molecular weight excluding hydrogens is 343 g/mol. The Labute approximate surface area is 125 Å². The predicted molar refractivity (Wildman–Crippen MR) is 66.3 cm³/mol. The van der Waals surface area contributed by atoms with Gasteiger partial charge in [0.05, 0.1) is 33.3 Å². The zero-order valence-corrected chi connectivity index (χ0v) is 13.1. The summed E-state index contributed by atoms with van der Waals surface area (Å²) >= 11 is 0. The molecule has 4 nitrogen and oxygen atoms in total. The van der Waals surface area contributed by atoms with E-state index in [1.54, 1.807) is 0 Å². The van der Waals surface area contributed by atoms with E-state index in [1.807, 2.05) is 30.3 Å². The lowest BCUT2D eigenvalue weighted by Crippen LogP contribution is -3.00. The number of benzene rings is 1. The zero-order chi connectivity index (χ0) is 12.5. The molecule has 1 amide bonds. The molecule has 1 aromatic rings. The second-order valence-corrected chi connectivity index (χ2v) is 5.43. The van der Waals surface area contributed by atoms with Crippen LogP contribution >= 0.6 is 0 Å². The number of nitrogens with zero attached hydrogens (tertiary/aromatic N) is 2. The van der Waals surface area contributed by atoms with E-state index in [-0.39, 0.29) is 36.0 Å². The van der Waals surface area contributed by atoms with Gasteiger partial charge in [0.15, 0.2) is 0 Å². The number of carbonyl (C=O) groups excluding carboxylic acids is 1. The third-order valence-electron chi connectivity index (χ3n) is 2.63. The van der Waals surface area contributed by atoms with Gasteiger partial charge in [-0.3, -0.25) is 9.63 Å². The molecule has 0 bridgehead atoms. The molecule has 5 heteroatoms. The van der Waals surface area contributed by atoms with E-state index in [0.717, 1.165) is 16.7 Å². The van der Waals surface area contributed by atoms with Crippen molar-refractivity contribution in [2.45, 2.75) is 12.5 Å². The van der Waals surface area contributed by atoms with Crippen LogP contribution in [0.25, 0.3) is 0 Å². The van der Waals surface area contributed by atoms with Gasteiger partial charge in [0.2, 0.25) is 0 Å². The summed E-state index contributed by atoms with van der Waals surface area (Å²) in [5.41, 5.74) is 0.807. The number of anilines is 1. The normalized spacial score (nSPS) is 19.8. The van der Waals surface area contributed by atoms with Crippen molar-refractivity contribution in [2.75, 3.05) is 32.8 Å². The number of carbonyl (C=O) groups is 1. The standard InChI is InChI=1S/C13H19N2O2.HI/c1-15(2,3)10-12-9-13(16)14(17-12)11-7-5-4-6-8-11;/h4-8,12H,9-10H2,1-3H3;1H/q+1;/p-1/t12-;/m1./s1. The Hall–Kier alpha value is -0.660. The van der Waals surface area contributed by atoms with Crippen LogP contribution in [0.5, 0.6) is 0 Å². The summed E-state index contributed by atoms with van der Waals surface area (Å²) in [4.78, 5) is 17.6. The van der Waals surface area contributed by atoms with Crippen LogP contribution < -0.4 is 29.0 Å². The molecule has 0 saturated carbocycles. The number of hydroxylamine groups is 1. The third-order valence-corrected chi connectivity index (χ3v) is 2.63. The SMILES string of the molecule is C[N+](C)(C)C[C@H]1CC(=O)N(c2ccccc2)O1.[I-]. The monoisotopic (exact) mass is 362 g/mol. The minimum atomic E-state index is -0.0253. The molecule has 0 aromatic heterocycles. The molecule has 1 heterocycles. The van der Waals surface area contributed by atoms with Crippen LogP contribution in [-0.2, 0) is 9.63 Å². The molecule has 0 spiro atoms. The van der Waals surface area contributed by atoms with Crippen molar-refractivity contribution in [1.82, 2.24) is 0 Å². The largest absolute Gasteiger partial charge is 1.00 e. The number of quaternary nitrogens is 1. The number of hydrogen-bond acceptors (Lipinski definition) is 2. The van der Waals surface area contributed by atoms with Crippen molar-refractivity contribution in [3.05, 3.63) is 30.3 Å². The summed E-state index contributed by atoms with van der Waals surface area (Å²) in [6.45, 7) is 0.828. The topological polar surface area (TPSA) is 29.5 Å². The van der Waals surface area contributed by atoms with E-state index in [4.69, 9.17) is 4.84 Å². The fraction of sp³-hybridized carbons (Fsp3) is 0.462. The number of hydrogen-bond donors (Lipinski definition) is 0. The van der Waals surface area contributed by atoms with E-state index in [2.05, 4.69) is 21.1 Å². The number of para-hydroxylation sites is 1. The molecule has 1 aliphatic heterocycles. The second-order valence-electron chi connectivity index (χ2n) is 5.43. The lowest BCUT2D eigenvalue weighted by atomic mass is 10.2. The van der Waals surface area contributed by atoms with Gasteiger partial charge in [-0.05, 0) is 12.1 Å². The Bertz CT molecular complexity index is 403. The Kier molecular flexibility index (Phi) is 5.12. The van der Waals surface area contributed by atoms with Crippen molar-refractivity contribution >= 4 is 11.6 Å². The van der Waals surface area contributed by atoms with Crippen LogP contribution in [0.4, 0.5) is 5.69 Å².